The first-order chi connectivity index (χ1) is 8.61. The molecule has 0 aliphatic carbocycles. The molecule has 0 radical (unpaired) electrons. The van der Waals surface area contributed by atoms with Gasteiger partial charge in [-0.25, -0.2) is 4.39 Å². The fourth-order valence-electron chi connectivity index (χ4n) is 2.10. The van der Waals surface area contributed by atoms with Gasteiger partial charge in [0.15, 0.2) is 0 Å². The van der Waals surface area contributed by atoms with Crippen molar-refractivity contribution in [3.63, 3.8) is 0 Å². The van der Waals surface area contributed by atoms with E-state index in [2.05, 4.69) is 11.2 Å². The van der Waals surface area contributed by atoms with Crippen molar-refractivity contribution in [2.75, 3.05) is 0 Å². The molecule has 0 amide bonds. The zero-order valence-corrected chi connectivity index (χ0v) is 10.3. The van der Waals surface area contributed by atoms with Crippen molar-refractivity contribution in [2.24, 2.45) is 0 Å². The fourth-order valence-corrected chi connectivity index (χ4v) is 2.10. The van der Waals surface area contributed by atoms with Crippen LogP contribution in [0.5, 0.6) is 0 Å². The topological polar surface area (TPSA) is 49.8 Å². The van der Waals surface area contributed by atoms with E-state index in [9.17, 15) is 9.65 Å². The van der Waals surface area contributed by atoms with Gasteiger partial charge in [-0.15, -0.1) is 0 Å². The summed E-state index contributed by atoms with van der Waals surface area (Å²) in [5.74, 6) is -0.00328. The Hall–Kier alpha value is -2.15. The summed E-state index contributed by atoms with van der Waals surface area (Å²) in [4.78, 5) is 0. The maximum atomic E-state index is 13.1. The molecule has 3 nitrogen and oxygen atoms in total. The van der Waals surface area contributed by atoms with Gasteiger partial charge in [0.2, 0.25) is 0 Å². The minimum absolute atomic E-state index is 0.289. The van der Waals surface area contributed by atoms with Gasteiger partial charge < -0.3 is 4.52 Å². The summed E-state index contributed by atoms with van der Waals surface area (Å²) in [6.07, 6.45) is 0.456. The van der Waals surface area contributed by atoms with Crippen molar-refractivity contribution in [2.45, 2.75) is 26.2 Å². The van der Waals surface area contributed by atoms with Gasteiger partial charge in [-0.1, -0.05) is 17.3 Å². The molecule has 2 aromatic rings. The minimum Gasteiger partial charge on any atom is -0.361 e. The highest BCUT2D eigenvalue weighted by Crippen LogP contribution is 2.26. The summed E-state index contributed by atoms with van der Waals surface area (Å²) in [7, 11) is 0. The van der Waals surface area contributed by atoms with E-state index in [1.807, 2.05) is 13.0 Å². The van der Waals surface area contributed by atoms with Gasteiger partial charge >= 0.3 is 0 Å². The summed E-state index contributed by atoms with van der Waals surface area (Å²) < 4.78 is 18.2. The van der Waals surface area contributed by atoms with Crippen molar-refractivity contribution in [1.82, 2.24) is 5.16 Å². The van der Waals surface area contributed by atoms with Crippen molar-refractivity contribution in [3.8, 4) is 6.07 Å². The van der Waals surface area contributed by atoms with Crippen LogP contribution in [0.4, 0.5) is 4.39 Å². The molecule has 0 fully saturated rings. The lowest BCUT2D eigenvalue weighted by Crippen LogP contribution is -2.03. The van der Waals surface area contributed by atoms with Crippen LogP contribution in [0.1, 0.15) is 28.5 Å². The number of nitrogens with zero attached hydrogens (tertiary/aromatic N) is 2. The highest BCUT2D eigenvalue weighted by molar-refractivity contribution is 5.33. The second kappa shape index (κ2) is 5.01. The fraction of sp³-hybridized carbons (Fsp3) is 0.286. The standard InChI is InChI=1S/C14H13FN2O/c1-9-14(10(2)18-17-9)12(8-16)6-11-4-3-5-13(15)7-11/h3-5,7,12H,6H2,1-2H3. The third-order valence-electron chi connectivity index (χ3n) is 2.92. The molecule has 0 aliphatic rings. The molecule has 1 aromatic carbocycles. The Morgan fingerprint density at radius 1 is 1.44 bits per heavy atom. The number of aromatic nitrogens is 1. The molecule has 0 saturated heterocycles. The van der Waals surface area contributed by atoms with Gasteiger partial charge in [0, 0.05) is 5.56 Å². The second-order valence-electron chi connectivity index (χ2n) is 4.25. The number of nitriles is 1. The molecule has 1 atom stereocenters. The summed E-state index contributed by atoms with van der Waals surface area (Å²) in [6.45, 7) is 3.59. The number of benzene rings is 1. The van der Waals surface area contributed by atoms with E-state index < -0.39 is 0 Å². The van der Waals surface area contributed by atoms with Crippen molar-refractivity contribution in [3.05, 3.63) is 52.7 Å². The molecular weight excluding hydrogens is 231 g/mol. The van der Waals surface area contributed by atoms with Crippen molar-refractivity contribution in [1.29, 1.82) is 5.26 Å². The molecule has 0 N–H and O–H groups in total. The van der Waals surface area contributed by atoms with E-state index >= 15 is 0 Å². The highest BCUT2D eigenvalue weighted by Gasteiger charge is 2.20. The Labute approximate surface area is 105 Å². The third kappa shape index (κ3) is 2.40. The first-order valence-corrected chi connectivity index (χ1v) is 5.68. The third-order valence-corrected chi connectivity index (χ3v) is 2.92. The van der Waals surface area contributed by atoms with Crippen LogP contribution in [-0.4, -0.2) is 5.16 Å². The average molecular weight is 244 g/mol. The van der Waals surface area contributed by atoms with Crippen LogP contribution in [-0.2, 0) is 6.42 Å². The van der Waals surface area contributed by atoms with Crippen LogP contribution in [0.15, 0.2) is 28.8 Å². The largest absolute Gasteiger partial charge is 0.361 e. The lowest BCUT2D eigenvalue weighted by molar-refractivity contribution is 0.392. The Morgan fingerprint density at radius 2 is 2.22 bits per heavy atom. The van der Waals surface area contributed by atoms with Crippen LogP contribution in [0.2, 0.25) is 0 Å². The molecule has 0 aliphatic heterocycles. The van der Waals surface area contributed by atoms with E-state index in [0.717, 1.165) is 16.8 Å². The number of hydrogen-bond donors (Lipinski definition) is 0. The number of aryl methyl sites for hydroxylation is 2. The number of rotatable bonds is 3. The molecule has 18 heavy (non-hydrogen) atoms. The van der Waals surface area contributed by atoms with E-state index in [1.165, 1.54) is 12.1 Å². The lowest BCUT2D eigenvalue weighted by Gasteiger charge is -2.08. The summed E-state index contributed by atoms with van der Waals surface area (Å²) in [6, 6.07) is 8.52. The molecule has 1 heterocycles. The summed E-state index contributed by atoms with van der Waals surface area (Å²) in [5, 5.41) is 13.1. The molecule has 0 saturated carbocycles. The maximum Gasteiger partial charge on any atom is 0.138 e. The quantitative estimate of drug-likeness (QED) is 0.832. The van der Waals surface area contributed by atoms with Crippen molar-refractivity contribution >= 4 is 0 Å². The Bertz CT molecular complexity index is 579. The van der Waals surface area contributed by atoms with E-state index in [0.29, 0.717) is 12.2 Å². The Morgan fingerprint density at radius 3 is 2.78 bits per heavy atom. The normalized spacial score (nSPS) is 12.1. The molecule has 1 aromatic heterocycles. The van der Waals surface area contributed by atoms with Crippen LogP contribution in [0.3, 0.4) is 0 Å². The van der Waals surface area contributed by atoms with Crippen molar-refractivity contribution < 1.29 is 8.91 Å². The molecule has 2 rings (SSSR count). The Kier molecular flexibility index (Phi) is 3.42. The maximum absolute atomic E-state index is 13.1. The molecule has 1 unspecified atom stereocenters. The van der Waals surface area contributed by atoms with Crippen LogP contribution >= 0.6 is 0 Å². The van der Waals surface area contributed by atoms with Gasteiger partial charge in [0.25, 0.3) is 0 Å². The molecule has 4 heteroatoms. The first-order valence-electron chi connectivity index (χ1n) is 5.68. The van der Waals surface area contributed by atoms with Gasteiger partial charge in [-0.2, -0.15) is 5.26 Å². The van der Waals surface area contributed by atoms with Gasteiger partial charge in [0.1, 0.15) is 11.6 Å². The van der Waals surface area contributed by atoms with E-state index in [4.69, 9.17) is 4.52 Å². The second-order valence-corrected chi connectivity index (χ2v) is 4.25. The minimum atomic E-state index is -0.363. The zero-order valence-electron chi connectivity index (χ0n) is 10.3. The summed E-state index contributed by atoms with van der Waals surface area (Å²) >= 11 is 0. The van der Waals surface area contributed by atoms with Crippen LogP contribution in [0.25, 0.3) is 0 Å². The predicted molar refractivity (Wildman–Crippen MR) is 64.4 cm³/mol. The van der Waals surface area contributed by atoms with Crippen LogP contribution < -0.4 is 0 Å². The highest BCUT2D eigenvalue weighted by atomic mass is 19.1. The predicted octanol–water partition coefficient (Wildman–Crippen LogP) is 3.28. The molecular formula is C14H13FN2O. The lowest BCUT2D eigenvalue weighted by atomic mass is 9.92. The van der Waals surface area contributed by atoms with Gasteiger partial charge in [-0.3, -0.25) is 0 Å². The number of halogens is 1. The van der Waals surface area contributed by atoms with Crippen LogP contribution in [0, 0.1) is 31.0 Å². The van der Waals surface area contributed by atoms with Gasteiger partial charge in [-0.05, 0) is 38.0 Å². The number of hydrogen-bond acceptors (Lipinski definition) is 3. The SMILES string of the molecule is Cc1noc(C)c1C(C#N)Cc1cccc(F)c1. The Balaban J connectivity index is 2.29. The van der Waals surface area contributed by atoms with Gasteiger partial charge in [0.05, 0.1) is 17.7 Å². The monoisotopic (exact) mass is 244 g/mol. The smallest absolute Gasteiger partial charge is 0.138 e. The zero-order chi connectivity index (χ0) is 13.1. The average Bonchev–Trinajstić information content (AvgIpc) is 2.67. The molecule has 0 bridgehead atoms. The first kappa shape index (κ1) is 12.3. The molecule has 92 valence electrons. The molecule has 0 spiro atoms. The van der Waals surface area contributed by atoms with E-state index in [1.54, 1.807) is 13.0 Å². The van der Waals surface area contributed by atoms with E-state index in [-0.39, 0.29) is 11.7 Å². The summed E-state index contributed by atoms with van der Waals surface area (Å²) in [5.41, 5.74) is 2.32.